The molecule has 0 saturated carbocycles. The molecular weight excluding hydrogens is 379 g/mol. The minimum absolute atomic E-state index is 0.0116. The molecule has 0 aliphatic carbocycles. The number of nitrogens with one attached hydrogen (secondary N) is 1. The maximum atomic E-state index is 14.3. The summed E-state index contributed by atoms with van der Waals surface area (Å²) in [4.78, 5) is 37.7. The molecule has 1 aliphatic heterocycles. The monoisotopic (exact) mass is 394 g/mol. The quantitative estimate of drug-likeness (QED) is 0.490. The summed E-state index contributed by atoms with van der Waals surface area (Å²) in [5.41, 5.74) is -1.26. The van der Waals surface area contributed by atoms with Crippen molar-refractivity contribution in [2.45, 2.75) is 31.5 Å². The SMILES string of the molecule is C[C@H]1O[C@@H](n2cc(F)c(NC(=O)c3ccc([N+](=O)[O-])cc3)nc2=O)C(O)C1O. The predicted octanol–water partition coefficient (Wildman–Crippen LogP) is 0.182. The summed E-state index contributed by atoms with van der Waals surface area (Å²) in [6.45, 7) is 1.47. The van der Waals surface area contributed by atoms with E-state index in [1.807, 2.05) is 0 Å². The minimum atomic E-state index is -1.46. The first-order valence-electron chi connectivity index (χ1n) is 8.05. The molecule has 2 aromatic rings. The molecule has 28 heavy (non-hydrogen) atoms. The molecule has 3 N–H and O–H groups in total. The van der Waals surface area contributed by atoms with Crippen molar-refractivity contribution in [2.24, 2.45) is 0 Å². The van der Waals surface area contributed by atoms with Gasteiger partial charge in [0.2, 0.25) is 0 Å². The van der Waals surface area contributed by atoms with Gasteiger partial charge in [0.15, 0.2) is 17.9 Å². The average molecular weight is 394 g/mol. The highest BCUT2D eigenvalue weighted by atomic mass is 19.1. The van der Waals surface area contributed by atoms with Crippen LogP contribution in [0, 0.1) is 15.9 Å². The van der Waals surface area contributed by atoms with Crippen LogP contribution in [0.3, 0.4) is 0 Å². The number of halogens is 1. The van der Waals surface area contributed by atoms with E-state index in [-0.39, 0.29) is 11.3 Å². The van der Waals surface area contributed by atoms with E-state index in [1.54, 1.807) is 0 Å². The molecule has 4 atom stereocenters. The molecule has 0 radical (unpaired) electrons. The molecule has 1 aliphatic rings. The minimum Gasteiger partial charge on any atom is -0.388 e. The number of non-ortho nitro benzene ring substituents is 1. The van der Waals surface area contributed by atoms with Crippen molar-refractivity contribution >= 4 is 17.4 Å². The number of anilines is 1. The smallest absolute Gasteiger partial charge is 0.351 e. The van der Waals surface area contributed by atoms with Gasteiger partial charge in [-0.25, -0.2) is 9.18 Å². The van der Waals surface area contributed by atoms with Gasteiger partial charge in [-0.1, -0.05) is 0 Å². The van der Waals surface area contributed by atoms with Gasteiger partial charge in [0.05, 0.1) is 17.2 Å². The van der Waals surface area contributed by atoms with Crippen molar-refractivity contribution in [3.8, 4) is 0 Å². The molecule has 0 bridgehead atoms. The Balaban J connectivity index is 1.82. The van der Waals surface area contributed by atoms with Crippen molar-refractivity contribution in [3.63, 3.8) is 0 Å². The highest BCUT2D eigenvalue weighted by Crippen LogP contribution is 2.28. The Bertz CT molecular complexity index is 978. The number of hydrogen-bond donors (Lipinski definition) is 3. The average Bonchev–Trinajstić information content (AvgIpc) is 2.91. The summed E-state index contributed by atoms with van der Waals surface area (Å²) in [5.74, 6) is -2.58. The number of ether oxygens (including phenoxy) is 1. The summed E-state index contributed by atoms with van der Waals surface area (Å²) >= 11 is 0. The van der Waals surface area contributed by atoms with Crippen LogP contribution in [0.2, 0.25) is 0 Å². The van der Waals surface area contributed by atoms with Crippen molar-refractivity contribution in [2.75, 3.05) is 5.32 Å². The summed E-state index contributed by atoms with van der Waals surface area (Å²) in [7, 11) is 0. The van der Waals surface area contributed by atoms with Crippen LogP contribution in [0.15, 0.2) is 35.3 Å². The van der Waals surface area contributed by atoms with E-state index in [4.69, 9.17) is 4.74 Å². The highest BCUT2D eigenvalue weighted by molar-refractivity contribution is 6.03. The number of nitro benzene ring substituents is 1. The van der Waals surface area contributed by atoms with Crippen LogP contribution in [0.5, 0.6) is 0 Å². The van der Waals surface area contributed by atoms with Crippen LogP contribution < -0.4 is 11.0 Å². The zero-order chi connectivity index (χ0) is 20.6. The number of nitro groups is 1. The molecule has 1 aromatic carbocycles. The largest absolute Gasteiger partial charge is 0.388 e. The second kappa shape index (κ2) is 7.42. The number of hydrogen-bond acceptors (Lipinski definition) is 8. The Kier molecular flexibility index (Phi) is 5.18. The molecule has 11 nitrogen and oxygen atoms in total. The third-order valence-electron chi connectivity index (χ3n) is 4.23. The zero-order valence-corrected chi connectivity index (χ0v) is 14.4. The lowest BCUT2D eigenvalue weighted by atomic mass is 10.1. The molecule has 2 heterocycles. The number of aliphatic hydroxyl groups excluding tert-OH is 2. The van der Waals surface area contributed by atoms with Gasteiger partial charge in [-0.3, -0.25) is 19.5 Å². The van der Waals surface area contributed by atoms with E-state index in [2.05, 4.69) is 10.3 Å². The maximum absolute atomic E-state index is 14.3. The molecule has 1 saturated heterocycles. The van der Waals surface area contributed by atoms with E-state index < -0.39 is 52.7 Å². The van der Waals surface area contributed by atoms with Gasteiger partial charge in [-0.05, 0) is 19.1 Å². The maximum Gasteiger partial charge on any atom is 0.351 e. The van der Waals surface area contributed by atoms with Gasteiger partial charge in [0, 0.05) is 17.7 Å². The van der Waals surface area contributed by atoms with Crippen molar-refractivity contribution < 1.29 is 29.1 Å². The first kappa shape index (κ1) is 19.5. The topological polar surface area (TPSA) is 157 Å². The number of benzene rings is 1. The van der Waals surface area contributed by atoms with E-state index in [1.165, 1.54) is 6.92 Å². The highest BCUT2D eigenvalue weighted by Gasteiger charge is 2.42. The van der Waals surface area contributed by atoms with E-state index in [0.29, 0.717) is 10.8 Å². The molecule has 1 amide bonds. The van der Waals surface area contributed by atoms with E-state index >= 15 is 0 Å². The first-order chi connectivity index (χ1) is 13.2. The Labute approximate surface area is 156 Å². The van der Waals surface area contributed by atoms with Gasteiger partial charge >= 0.3 is 5.69 Å². The van der Waals surface area contributed by atoms with Crippen LogP contribution in [-0.4, -0.2) is 48.9 Å². The number of amides is 1. The van der Waals surface area contributed by atoms with Crippen molar-refractivity contribution in [3.05, 3.63) is 62.4 Å². The lowest BCUT2D eigenvalue weighted by Crippen LogP contribution is -2.36. The summed E-state index contributed by atoms with van der Waals surface area (Å²) in [5, 5.41) is 32.4. The standard InChI is InChI=1S/C16H15FN4O7/c1-7-11(22)12(23)15(28-7)20-6-10(17)13(19-16(20)25)18-14(24)8-2-4-9(5-3-8)21(26)27/h2-7,11-12,15,22-23H,1H3,(H,18,19,24,25)/t7-,11?,12?,15-/m1/s1. The third kappa shape index (κ3) is 3.60. The Morgan fingerprint density at radius 3 is 2.50 bits per heavy atom. The second-order valence-electron chi connectivity index (χ2n) is 6.10. The third-order valence-corrected chi connectivity index (χ3v) is 4.23. The molecule has 12 heteroatoms. The van der Waals surface area contributed by atoms with Gasteiger partial charge in [-0.15, -0.1) is 0 Å². The van der Waals surface area contributed by atoms with Crippen LogP contribution in [0.4, 0.5) is 15.9 Å². The van der Waals surface area contributed by atoms with E-state index in [0.717, 1.165) is 24.3 Å². The molecule has 3 rings (SSSR count). The van der Waals surface area contributed by atoms with Crippen LogP contribution in [0.1, 0.15) is 23.5 Å². The lowest BCUT2D eigenvalue weighted by molar-refractivity contribution is -0.384. The fourth-order valence-electron chi connectivity index (χ4n) is 2.69. The van der Waals surface area contributed by atoms with Gasteiger partial charge in [-0.2, -0.15) is 4.98 Å². The number of aliphatic hydroxyl groups is 2. The number of carbonyl (C=O) groups excluding carboxylic acids is 1. The first-order valence-corrected chi connectivity index (χ1v) is 8.05. The van der Waals surface area contributed by atoms with Crippen LogP contribution in [-0.2, 0) is 4.74 Å². The molecule has 1 aromatic heterocycles. The Morgan fingerprint density at radius 1 is 1.32 bits per heavy atom. The van der Waals surface area contributed by atoms with Crippen molar-refractivity contribution in [1.29, 1.82) is 0 Å². The zero-order valence-electron chi connectivity index (χ0n) is 14.4. The van der Waals surface area contributed by atoms with Gasteiger partial charge < -0.3 is 20.3 Å². The Hall–Kier alpha value is -3.22. The molecule has 0 spiro atoms. The van der Waals surface area contributed by atoms with Gasteiger partial charge in [0.25, 0.3) is 11.6 Å². The lowest BCUT2D eigenvalue weighted by Gasteiger charge is -2.17. The molecule has 2 unspecified atom stereocenters. The summed E-state index contributed by atoms with van der Waals surface area (Å²) < 4.78 is 20.2. The number of carbonyl (C=O) groups is 1. The second-order valence-corrected chi connectivity index (χ2v) is 6.10. The number of nitrogens with zero attached hydrogens (tertiary/aromatic N) is 3. The van der Waals surface area contributed by atoms with E-state index in [9.17, 15) is 34.3 Å². The molecule has 1 fully saturated rings. The number of rotatable bonds is 4. The normalized spacial score (nSPS) is 24.1. The fraction of sp³-hybridized carbons (Fsp3) is 0.312. The fourth-order valence-corrected chi connectivity index (χ4v) is 2.69. The predicted molar refractivity (Wildman–Crippen MR) is 91.1 cm³/mol. The summed E-state index contributed by atoms with van der Waals surface area (Å²) in [6.07, 6.45) is -4.15. The van der Waals surface area contributed by atoms with Crippen LogP contribution in [0.25, 0.3) is 0 Å². The molecular formula is C16H15FN4O7. The Morgan fingerprint density at radius 2 is 1.96 bits per heavy atom. The van der Waals surface area contributed by atoms with Crippen molar-refractivity contribution in [1.82, 2.24) is 9.55 Å². The van der Waals surface area contributed by atoms with Gasteiger partial charge in [0.1, 0.15) is 12.2 Å². The number of aromatic nitrogens is 2. The molecule has 148 valence electrons. The summed E-state index contributed by atoms with van der Waals surface area (Å²) in [6, 6.07) is 4.53. The van der Waals surface area contributed by atoms with Crippen LogP contribution >= 0.6 is 0 Å².